The Morgan fingerprint density at radius 1 is 1.20 bits per heavy atom. The van der Waals surface area contributed by atoms with Gasteiger partial charge in [0.15, 0.2) is 0 Å². The van der Waals surface area contributed by atoms with Crippen LogP contribution in [0, 0.1) is 0 Å². The SMILES string of the molecule is CCCCC[N+](C)(C)C1CCN(c2ccc(N)cc2)C1. The molecular formula is C17H30N3+. The first-order valence-electron chi connectivity index (χ1n) is 7.96. The quantitative estimate of drug-likeness (QED) is 0.491. The Morgan fingerprint density at radius 2 is 1.90 bits per heavy atom. The molecule has 1 aromatic carbocycles. The first-order valence-corrected chi connectivity index (χ1v) is 7.96. The largest absolute Gasteiger partial charge is 0.399 e. The van der Waals surface area contributed by atoms with Crippen LogP contribution in [0.25, 0.3) is 0 Å². The zero-order valence-electron chi connectivity index (χ0n) is 13.3. The fourth-order valence-electron chi connectivity index (χ4n) is 3.18. The number of hydrogen-bond acceptors (Lipinski definition) is 2. The van der Waals surface area contributed by atoms with Crippen molar-refractivity contribution < 1.29 is 4.48 Å². The molecule has 1 fully saturated rings. The minimum absolute atomic E-state index is 0.754. The molecule has 0 spiro atoms. The lowest BCUT2D eigenvalue weighted by Gasteiger charge is -2.36. The Labute approximate surface area is 124 Å². The van der Waals surface area contributed by atoms with Crippen molar-refractivity contribution in [3.05, 3.63) is 24.3 Å². The lowest BCUT2D eigenvalue weighted by molar-refractivity contribution is -0.912. The third-order valence-corrected chi connectivity index (χ3v) is 4.75. The second-order valence-electron chi connectivity index (χ2n) is 6.69. The van der Waals surface area contributed by atoms with E-state index in [9.17, 15) is 0 Å². The van der Waals surface area contributed by atoms with Crippen LogP contribution in [0.3, 0.4) is 0 Å². The summed E-state index contributed by atoms with van der Waals surface area (Å²) in [4.78, 5) is 2.50. The predicted octanol–water partition coefficient (Wildman–Crippen LogP) is 3.11. The summed E-state index contributed by atoms with van der Waals surface area (Å²) in [6.07, 6.45) is 5.31. The van der Waals surface area contributed by atoms with E-state index in [-0.39, 0.29) is 0 Å². The number of nitrogens with zero attached hydrogens (tertiary/aromatic N) is 2. The molecule has 3 nitrogen and oxygen atoms in total. The molecule has 1 atom stereocenters. The molecule has 0 radical (unpaired) electrons. The van der Waals surface area contributed by atoms with E-state index in [1.165, 1.54) is 51.0 Å². The fraction of sp³-hybridized carbons (Fsp3) is 0.647. The summed E-state index contributed by atoms with van der Waals surface area (Å²) in [5.74, 6) is 0. The van der Waals surface area contributed by atoms with E-state index in [4.69, 9.17) is 5.73 Å². The van der Waals surface area contributed by atoms with Crippen molar-refractivity contribution in [2.75, 3.05) is 44.4 Å². The van der Waals surface area contributed by atoms with Gasteiger partial charge in [-0.2, -0.15) is 0 Å². The molecule has 1 unspecified atom stereocenters. The second-order valence-corrected chi connectivity index (χ2v) is 6.69. The maximum Gasteiger partial charge on any atom is 0.108 e. The number of anilines is 2. The second kappa shape index (κ2) is 6.49. The smallest absolute Gasteiger partial charge is 0.108 e. The van der Waals surface area contributed by atoms with Crippen molar-refractivity contribution >= 4 is 11.4 Å². The van der Waals surface area contributed by atoms with E-state index in [0.717, 1.165) is 16.2 Å². The number of hydrogen-bond donors (Lipinski definition) is 1. The summed E-state index contributed by atoms with van der Waals surface area (Å²) in [6, 6.07) is 9.06. The topological polar surface area (TPSA) is 29.3 Å². The van der Waals surface area contributed by atoms with Gasteiger partial charge < -0.3 is 15.1 Å². The van der Waals surface area contributed by atoms with Crippen LogP contribution in [0.15, 0.2) is 24.3 Å². The Hall–Kier alpha value is -1.22. The van der Waals surface area contributed by atoms with E-state index < -0.39 is 0 Å². The Morgan fingerprint density at radius 3 is 2.55 bits per heavy atom. The zero-order chi connectivity index (χ0) is 14.6. The molecule has 2 rings (SSSR count). The van der Waals surface area contributed by atoms with E-state index in [1.807, 2.05) is 12.1 Å². The van der Waals surface area contributed by atoms with Gasteiger partial charge in [0.25, 0.3) is 0 Å². The highest BCUT2D eigenvalue weighted by molar-refractivity contribution is 5.53. The highest BCUT2D eigenvalue weighted by Gasteiger charge is 2.34. The lowest BCUT2D eigenvalue weighted by atomic mass is 10.1. The van der Waals surface area contributed by atoms with Crippen molar-refractivity contribution in [3.8, 4) is 0 Å². The summed E-state index contributed by atoms with van der Waals surface area (Å²) in [5.41, 5.74) is 7.93. The van der Waals surface area contributed by atoms with Gasteiger partial charge in [-0.3, -0.25) is 0 Å². The number of likely N-dealkylation sites (N-methyl/N-ethyl adjacent to an activating group) is 1. The van der Waals surface area contributed by atoms with E-state index in [1.54, 1.807) is 0 Å². The monoisotopic (exact) mass is 276 g/mol. The van der Waals surface area contributed by atoms with Crippen LogP contribution >= 0.6 is 0 Å². The molecule has 0 aliphatic carbocycles. The molecule has 1 aliphatic heterocycles. The number of rotatable bonds is 6. The van der Waals surface area contributed by atoms with Crippen molar-refractivity contribution in [1.29, 1.82) is 0 Å². The van der Waals surface area contributed by atoms with Crippen molar-refractivity contribution in [1.82, 2.24) is 0 Å². The average molecular weight is 276 g/mol. The van der Waals surface area contributed by atoms with Gasteiger partial charge in [-0.25, -0.2) is 0 Å². The molecule has 1 aromatic rings. The molecule has 1 saturated heterocycles. The molecular weight excluding hydrogens is 246 g/mol. The van der Waals surface area contributed by atoms with Crippen LogP contribution in [0.5, 0.6) is 0 Å². The molecule has 20 heavy (non-hydrogen) atoms. The van der Waals surface area contributed by atoms with Crippen LogP contribution in [0.1, 0.15) is 32.6 Å². The van der Waals surface area contributed by atoms with Crippen LogP contribution in [-0.2, 0) is 0 Å². The van der Waals surface area contributed by atoms with Gasteiger partial charge in [-0.1, -0.05) is 13.3 Å². The molecule has 1 aliphatic rings. The summed E-state index contributed by atoms with van der Waals surface area (Å²) >= 11 is 0. The van der Waals surface area contributed by atoms with Gasteiger partial charge in [0.2, 0.25) is 0 Å². The van der Waals surface area contributed by atoms with Gasteiger partial charge in [-0.15, -0.1) is 0 Å². The molecule has 0 bridgehead atoms. The van der Waals surface area contributed by atoms with Crippen LogP contribution < -0.4 is 10.6 Å². The third-order valence-electron chi connectivity index (χ3n) is 4.75. The van der Waals surface area contributed by atoms with Gasteiger partial charge in [-0.05, 0) is 37.1 Å². The molecule has 112 valence electrons. The van der Waals surface area contributed by atoms with Crippen LogP contribution in [0.4, 0.5) is 11.4 Å². The number of nitrogens with two attached hydrogens (primary N) is 1. The summed E-state index contributed by atoms with van der Waals surface area (Å²) < 4.78 is 1.16. The van der Waals surface area contributed by atoms with E-state index in [0.29, 0.717) is 0 Å². The molecule has 0 saturated carbocycles. The van der Waals surface area contributed by atoms with Gasteiger partial charge in [0.05, 0.1) is 27.2 Å². The molecule has 1 heterocycles. The summed E-state index contributed by atoms with van der Waals surface area (Å²) in [6.45, 7) is 5.92. The van der Waals surface area contributed by atoms with Crippen LogP contribution in [-0.4, -0.2) is 44.3 Å². The zero-order valence-corrected chi connectivity index (χ0v) is 13.3. The fourth-order valence-corrected chi connectivity index (χ4v) is 3.18. The first-order chi connectivity index (χ1) is 9.53. The summed E-state index contributed by atoms with van der Waals surface area (Å²) in [5, 5.41) is 0. The van der Waals surface area contributed by atoms with Gasteiger partial charge >= 0.3 is 0 Å². The van der Waals surface area contributed by atoms with Crippen molar-refractivity contribution in [2.45, 2.75) is 38.6 Å². The molecule has 3 heteroatoms. The number of unbranched alkanes of at least 4 members (excludes halogenated alkanes) is 2. The third kappa shape index (κ3) is 3.66. The number of quaternary nitrogens is 1. The number of benzene rings is 1. The normalized spacial score (nSPS) is 19.6. The van der Waals surface area contributed by atoms with E-state index >= 15 is 0 Å². The Bertz CT molecular complexity index is 411. The van der Waals surface area contributed by atoms with Gasteiger partial charge in [0.1, 0.15) is 6.04 Å². The Balaban J connectivity index is 1.92. The number of nitrogen functional groups attached to an aromatic ring is 1. The van der Waals surface area contributed by atoms with Crippen LogP contribution in [0.2, 0.25) is 0 Å². The average Bonchev–Trinajstić information content (AvgIpc) is 2.90. The highest BCUT2D eigenvalue weighted by atomic mass is 15.4. The lowest BCUT2D eigenvalue weighted by Crippen LogP contribution is -2.50. The minimum atomic E-state index is 0.754. The molecule has 0 aromatic heterocycles. The minimum Gasteiger partial charge on any atom is -0.399 e. The maximum absolute atomic E-state index is 5.77. The molecule has 0 amide bonds. The van der Waals surface area contributed by atoms with Gasteiger partial charge in [0, 0.05) is 24.3 Å². The predicted molar refractivity (Wildman–Crippen MR) is 88.0 cm³/mol. The first kappa shape index (κ1) is 15.2. The van der Waals surface area contributed by atoms with Crippen molar-refractivity contribution in [2.24, 2.45) is 0 Å². The Kier molecular flexibility index (Phi) is 4.92. The van der Waals surface area contributed by atoms with E-state index in [2.05, 4.69) is 38.1 Å². The standard InChI is InChI=1S/C17H30N3/c1-4-5-6-13-20(2,3)17-11-12-19(14-17)16-9-7-15(18)8-10-16/h7-10,17H,4-6,11-14,18H2,1-3H3/q+1. The van der Waals surface area contributed by atoms with Crippen molar-refractivity contribution in [3.63, 3.8) is 0 Å². The maximum atomic E-state index is 5.77. The molecule has 2 N–H and O–H groups in total. The highest BCUT2D eigenvalue weighted by Crippen LogP contribution is 2.26. The summed E-state index contributed by atoms with van der Waals surface area (Å²) in [7, 11) is 4.79.